The molecule has 4 aromatic rings. The highest BCUT2D eigenvalue weighted by molar-refractivity contribution is 7.44. The van der Waals surface area contributed by atoms with E-state index in [1.807, 2.05) is 42.5 Å². The van der Waals surface area contributed by atoms with Gasteiger partial charge in [-0.15, -0.1) is 0 Å². The van der Waals surface area contributed by atoms with E-state index < -0.39 is 38.3 Å². The number of aromatic nitrogens is 2. The summed E-state index contributed by atoms with van der Waals surface area (Å²) in [7, 11) is -0.0247. The molecule has 12 nitrogen and oxygen atoms in total. The third-order valence-electron chi connectivity index (χ3n) is 13.2. The van der Waals surface area contributed by atoms with Crippen molar-refractivity contribution in [3.8, 4) is 5.75 Å². The first kappa shape index (κ1) is 56.4. The Balaban J connectivity index is 1.46. The minimum Gasteiger partial charge on any atom is -0.497 e. The highest BCUT2D eigenvalue weighted by Crippen LogP contribution is 2.50. The van der Waals surface area contributed by atoms with Crippen molar-refractivity contribution in [1.29, 1.82) is 0 Å². The van der Waals surface area contributed by atoms with Crippen molar-refractivity contribution in [2.45, 2.75) is 181 Å². The van der Waals surface area contributed by atoms with E-state index in [1.165, 1.54) is 55.9 Å². The number of nitrogens with zero attached hydrogens (tertiary/aromatic N) is 4. The van der Waals surface area contributed by atoms with Gasteiger partial charge in [0, 0.05) is 30.6 Å². The summed E-state index contributed by atoms with van der Waals surface area (Å²) in [6.07, 6.45) is 15.6. The van der Waals surface area contributed by atoms with Gasteiger partial charge in [0.2, 0.25) is 12.5 Å². The lowest BCUT2D eigenvalue weighted by molar-refractivity contribution is -0.120. The molecule has 0 bridgehead atoms. The smallest absolute Gasteiger partial charge is 0.351 e. The van der Waals surface area contributed by atoms with E-state index in [1.54, 1.807) is 19.4 Å². The average Bonchev–Trinajstić information content (AvgIpc) is 3.75. The number of amides is 1. The highest BCUT2D eigenvalue weighted by Gasteiger charge is 2.45. The molecular weight excluding hydrogens is 898 g/mol. The molecule has 1 aliphatic heterocycles. The van der Waals surface area contributed by atoms with Crippen LogP contribution in [0.25, 0.3) is 4.85 Å². The molecule has 3 aromatic carbocycles. The fourth-order valence-electron chi connectivity index (χ4n) is 9.46. The molecule has 70 heavy (non-hydrogen) atoms. The largest absolute Gasteiger partial charge is 0.497 e. The van der Waals surface area contributed by atoms with Crippen LogP contribution in [0.15, 0.2) is 95.9 Å². The Morgan fingerprint density at radius 3 is 1.97 bits per heavy atom. The fraction of sp³-hybridized carbons (Fsp3) is 0.579. The molecule has 6 atom stereocenters. The van der Waals surface area contributed by atoms with Crippen LogP contribution in [0.1, 0.15) is 166 Å². The van der Waals surface area contributed by atoms with Gasteiger partial charge in [0.15, 0.2) is 0 Å². The third-order valence-corrected chi connectivity index (χ3v) is 15.4. The van der Waals surface area contributed by atoms with Gasteiger partial charge in [-0.3, -0.25) is 9.36 Å². The van der Waals surface area contributed by atoms with Gasteiger partial charge in [0.1, 0.15) is 36.1 Å². The molecule has 1 aliphatic rings. The van der Waals surface area contributed by atoms with Gasteiger partial charge in [-0.25, -0.2) is 16.0 Å². The summed E-state index contributed by atoms with van der Waals surface area (Å²) in [4.78, 5) is 35.9. The van der Waals surface area contributed by atoms with Gasteiger partial charge in [0.25, 0.3) is 8.53 Å². The minimum absolute atomic E-state index is 0.0689. The van der Waals surface area contributed by atoms with Gasteiger partial charge >= 0.3 is 5.69 Å². The first-order chi connectivity index (χ1) is 33.9. The van der Waals surface area contributed by atoms with E-state index in [2.05, 4.69) is 105 Å². The number of rotatable bonds is 32. The average molecular weight is 980 g/mol. The van der Waals surface area contributed by atoms with E-state index in [0.717, 1.165) is 66.5 Å². The maximum absolute atomic E-state index is 14.1. The summed E-state index contributed by atoms with van der Waals surface area (Å²) in [5.41, 5.74) is 2.23. The molecule has 1 aromatic heterocycles. The van der Waals surface area contributed by atoms with Crippen LogP contribution < -0.4 is 15.7 Å². The molecule has 0 spiro atoms. The predicted octanol–water partition coefficient (Wildman–Crippen LogP) is 13.6. The number of nitrogens with one attached hydrogen (secondary N) is 1. The van der Waals surface area contributed by atoms with Crippen LogP contribution in [-0.4, -0.2) is 71.3 Å². The van der Waals surface area contributed by atoms with Crippen molar-refractivity contribution in [2.24, 2.45) is 5.92 Å². The fourth-order valence-corrected chi connectivity index (χ4v) is 11.2. The van der Waals surface area contributed by atoms with Crippen LogP contribution in [0.4, 0.5) is 5.82 Å². The van der Waals surface area contributed by atoms with Crippen molar-refractivity contribution < 1.29 is 28.1 Å². The summed E-state index contributed by atoms with van der Waals surface area (Å²) in [5, 5.41) is 3.02. The molecule has 1 saturated heterocycles. The Hall–Kier alpha value is -4.47. The maximum atomic E-state index is 14.1. The SMILES string of the molecule is [C-]#[N+]CCOP(OC1CC(n2ccc(NC(=O)C(CCCCCCC)CCCCCCCCC)nc2=O)OC1COC(c1ccccc1)(c1ccc(C)cc1)c1ccc(OC)cc1)N(C(C)C)C(C)C. The zero-order valence-corrected chi connectivity index (χ0v) is 44.3. The number of methoxy groups -OCH3 is 1. The monoisotopic (exact) mass is 980 g/mol. The van der Waals surface area contributed by atoms with Crippen molar-refractivity contribution >= 4 is 20.3 Å². The Bertz CT molecular complexity index is 2210. The minimum atomic E-state index is -1.68. The maximum Gasteiger partial charge on any atom is 0.351 e. The van der Waals surface area contributed by atoms with E-state index in [0.29, 0.717) is 6.42 Å². The standard InChI is InChI=1S/C57H82N5O7P/c1-10-12-14-16-17-19-22-26-46(25-21-18-15-13-11-2)55(63)59-53-37-39-61(56(64)60-53)54-41-51(69-70(67-40-38-58-8)62(43(3)4)44(5)6)52(68-54)42-66-57(47-27-23-20-24-28-47,48-31-29-45(7)30-32-48)49-33-35-50(65-9)36-34-49/h20,23-24,27-37,39,43-44,46,51-52,54H,10-19,21-22,25-26,38,40-42H2,1-7,9H3,(H,59,60,63,64). The van der Waals surface area contributed by atoms with E-state index in [4.69, 9.17) is 29.8 Å². The lowest BCUT2D eigenvalue weighted by Crippen LogP contribution is -2.39. The zero-order chi connectivity index (χ0) is 50.3. The molecular formula is C57H82N5O7P. The van der Waals surface area contributed by atoms with Crippen LogP contribution >= 0.6 is 8.53 Å². The van der Waals surface area contributed by atoms with Gasteiger partial charge in [-0.05, 0) is 82.3 Å². The van der Waals surface area contributed by atoms with Crippen LogP contribution in [0.5, 0.6) is 5.75 Å². The summed E-state index contributed by atoms with van der Waals surface area (Å²) in [5.74, 6) is 0.746. The van der Waals surface area contributed by atoms with Gasteiger partial charge in [-0.1, -0.05) is 163 Å². The Morgan fingerprint density at radius 1 is 0.843 bits per heavy atom. The molecule has 382 valence electrons. The van der Waals surface area contributed by atoms with Crippen molar-refractivity contribution in [2.75, 3.05) is 32.2 Å². The summed E-state index contributed by atoms with van der Waals surface area (Å²) >= 11 is 0. The molecule has 2 heterocycles. The number of unbranched alkanes of at least 4 members (excludes halogenated alkanes) is 10. The summed E-state index contributed by atoms with van der Waals surface area (Å²) in [6, 6.07) is 28.3. The lowest BCUT2D eigenvalue weighted by Gasteiger charge is -2.39. The highest BCUT2D eigenvalue weighted by atomic mass is 31.2. The van der Waals surface area contributed by atoms with E-state index in [9.17, 15) is 9.59 Å². The van der Waals surface area contributed by atoms with Crippen LogP contribution in [0.3, 0.4) is 0 Å². The van der Waals surface area contributed by atoms with Gasteiger partial charge < -0.3 is 33.4 Å². The topological polar surface area (TPSA) is 118 Å². The molecule has 0 aliphatic carbocycles. The number of carbonyl (C=O) groups is 1. The number of carbonyl (C=O) groups excluding carboxylic acids is 1. The summed E-state index contributed by atoms with van der Waals surface area (Å²) in [6.45, 7) is 22.9. The molecule has 1 N–H and O–H groups in total. The van der Waals surface area contributed by atoms with Crippen molar-refractivity contribution in [3.05, 3.63) is 135 Å². The number of hydrogen-bond donors (Lipinski definition) is 1. The Morgan fingerprint density at radius 2 is 1.41 bits per heavy atom. The number of hydrogen-bond acceptors (Lipinski definition) is 9. The molecule has 1 fully saturated rings. The second-order valence-corrected chi connectivity index (χ2v) is 20.7. The lowest BCUT2D eigenvalue weighted by atomic mass is 9.79. The Kier molecular flexibility index (Phi) is 24.0. The first-order valence-corrected chi connectivity index (χ1v) is 27.3. The van der Waals surface area contributed by atoms with Crippen LogP contribution in [0.2, 0.25) is 0 Å². The predicted molar refractivity (Wildman–Crippen MR) is 283 cm³/mol. The second kappa shape index (κ2) is 29.8. The molecule has 13 heteroatoms. The number of ether oxygens (including phenoxy) is 3. The normalized spacial score (nSPS) is 17.7. The van der Waals surface area contributed by atoms with Crippen molar-refractivity contribution in [1.82, 2.24) is 14.2 Å². The van der Waals surface area contributed by atoms with E-state index in [-0.39, 0.29) is 49.5 Å². The van der Waals surface area contributed by atoms with Gasteiger partial charge in [-0.2, -0.15) is 4.98 Å². The van der Waals surface area contributed by atoms with Crippen LogP contribution in [0, 0.1) is 19.4 Å². The van der Waals surface area contributed by atoms with E-state index >= 15 is 0 Å². The zero-order valence-electron chi connectivity index (χ0n) is 43.4. The van der Waals surface area contributed by atoms with Crippen molar-refractivity contribution in [3.63, 3.8) is 0 Å². The molecule has 0 saturated carbocycles. The molecule has 5 rings (SSSR count). The number of aryl methyl sites for hydroxylation is 1. The third kappa shape index (κ3) is 16.3. The number of benzene rings is 3. The molecule has 1 amide bonds. The number of anilines is 1. The van der Waals surface area contributed by atoms with Crippen LogP contribution in [-0.2, 0) is 28.9 Å². The summed E-state index contributed by atoms with van der Waals surface area (Å²) < 4.78 is 37.0. The van der Waals surface area contributed by atoms with Gasteiger partial charge in [0.05, 0.1) is 19.8 Å². The first-order valence-electron chi connectivity index (χ1n) is 26.1. The Labute approximate surface area is 421 Å². The molecule has 0 radical (unpaired) electrons. The molecule has 6 unspecified atom stereocenters. The quantitative estimate of drug-likeness (QED) is 0.0221. The second-order valence-electron chi connectivity index (χ2n) is 19.3.